The van der Waals surface area contributed by atoms with Gasteiger partial charge in [0.05, 0.1) is 5.41 Å². The summed E-state index contributed by atoms with van der Waals surface area (Å²) in [6, 6.07) is 0. The maximum atomic E-state index is 11.2. The molecule has 1 aliphatic carbocycles. The van der Waals surface area contributed by atoms with Gasteiger partial charge in [-0.2, -0.15) is 0 Å². The Bertz CT molecular complexity index is 278. The van der Waals surface area contributed by atoms with E-state index < -0.39 is 11.4 Å². The summed E-state index contributed by atoms with van der Waals surface area (Å²) >= 11 is 0. The summed E-state index contributed by atoms with van der Waals surface area (Å²) in [6.07, 6.45) is 3.44. The van der Waals surface area contributed by atoms with Gasteiger partial charge in [-0.1, -0.05) is 27.7 Å². The van der Waals surface area contributed by atoms with Crippen LogP contribution in [0, 0.1) is 16.2 Å². The first kappa shape index (κ1) is 13.5. The highest BCUT2D eigenvalue weighted by Crippen LogP contribution is 2.55. The van der Waals surface area contributed by atoms with Crippen molar-refractivity contribution in [2.45, 2.75) is 53.4 Å². The van der Waals surface area contributed by atoms with Crippen molar-refractivity contribution in [1.29, 1.82) is 0 Å². The number of hydrogen-bond donors (Lipinski definition) is 2. The SMILES string of the molecule is CC(C)(CN)CC(C)(C)CC1(C(=O)O)CC1. The van der Waals surface area contributed by atoms with Gasteiger partial charge in [0.25, 0.3) is 0 Å². The highest BCUT2D eigenvalue weighted by Gasteiger charge is 2.53. The van der Waals surface area contributed by atoms with Gasteiger partial charge in [0.15, 0.2) is 0 Å². The summed E-state index contributed by atoms with van der Waals surface area (Å²) in [5.41, 5.74) is 5.46. The standard InChI is InChI=1S/C13H25NO2/c1-11(2,7-12(3,4)9-14)8-13(5-6-13)10(15)16/h5-9,14H2,1-4H3,(H,15,16). The molecule has 0 aromatic carbocycles. The smallest absolute Gasteiger partial charge is 0.309 e. The van der Waals surface area contributed by atoms with Gasteiger partial charge in [-0.25, -0.2) is 0 Å². The zero-order valence-electron chi connectivity index (χ0n) is 11.0. The monoisotopic (exact) mass is 227 g/mol. The molecular formula is C13H25NO2. The summed E-state index contributed by atoms with van der Waals surface area (Å²) in [5, 5.41) is 9.20. The van der Waals surface area contributed by atoms with Gasteiger partial charge in [-0.15, -0.1) is 0 Å². The van der Waals surface area contributed by atoms with Crippen molar-refractivity contribution < 1.29 is 9.90 Å². The number of carboxylic acids is 1. The molecule has 3 heteroatoms. The van der Waals surface area contributed by atoms with Crippen LogP contribution in [0.2, 0.25) is 0 Å². The summed E-state index contributed by atoms with van der Waals surface area (Å²) in [5.74, 6) is -0.619. The maximum Gasteiger partial charge on any atom is 0.309 e. The van der Waals surface area contributed by atoms with Gasteiger partial charge in [-0.3, -0.25) is 4.79 Å². The number of carbonyl (C=O) groups is 1. The lowest BCUT2D eigenvalue weighted by molar-refractivity contribution is -0.144. The molecule has 1 rings (SSSR count). The highest BCUT2D eigenvalue weighted by atomic mass is 16.4. The van der Waals surface area contributed by atoms with Gasteiger partial charge in [0, 0.05) is 0 Å². The third-order valence-corrected chi connectivity index (χ3v) is 3.63. The second-order valence-corrected chi connectivity index (χ2v) is 6.97. The number of aliphatic carboxylic acids is 1. The Hall–Kier alpha value is -0.570. The summed E-state index contributed by atoms with van der Waals surface area (Å²) in [4.78, 5) is 11.2. The van der Waals surface area contributed by atoms with Crippen LogP contribution >= 0.6 is 0 Å². The van der Waals surface area contributed by atoms with E-state index >= 15 is 0 Å². The number of nitrogens with two attached hydrogens (primary N) is 1. The first-order valence-corrected chi connectivity index (χ1v) is 6.06. The van der Waals surface area contributed by atoms with Gasteiger partial charge >= 0.3 is 5.97 Å². The second-order valence-electron chi connectivity index (χ2n) is 6.97. The minimum absolute atomic E-state index is 0.0533. The zero-order valence-corrected chi connectivity index (χ0v) is 11.0. The molecule has 0 amide bonds. The van der Waals surface area contributed by atoms with Crippen LogP contribution in [0.5, 0.6) is 0 Å². The van der Waals surface area contributed by atoms with Crippen LogP contribution in [0.4, 0.5) is 0 Å². The zero-order chi connectivity index (χ0) is 12.6. The lowest BCUT2D eigenvalue weighted by atomic mass is 9.70. The predicted octanol–water partition coefficient (Wildman–Crippen LogP) is 2.64. The van der Waals surface area contributed by atoms with Crippen molar-refractivity contribution in [1.82, 2.24) is 0 Å². The maximum absolute atomic E-state index is 11.2. The van der Waals surface area contributed by atoms with Crippen molar-refractivity contribution in [2.75, 3.05) is 6.54 Å². The Morgan fingerprint density at radius 2 is 1.75 bits per heavy atom. The third-order valence-electron chi connectivity index (χ3n) is 3.63. The summed E-state index contributed by atoms with van der Waals surface area (Å²) in [7, 11) is 0. The van der Waals surface area contributed by atoms with Gasteiger partial charge in [0.2, 0.25) is 0 Å². The van der Waals surface area contributed by atoms with Crippen LogP contribution in [0.3, 0.4) is 0 Å². The molecule has 0 spiro atoms. The van der Waals surface area contributed by atoms with Gasteiger partial charge < -0.3 is 10.8 Å². The highest BCUT2D eigenvalue weighted by molar-refractivity contribution is 5.77. The molecule has 0 heterocycles. The minimum Gasteiger partial charge on any atom is -0.481 e. The minimum atomic E-state index is -0.619. The van der Waals surface area contributed by atoms with E-state index in [-0.39, 0.29) is 10.8 Å². The summed E-state index contributed by atoms with van der Waals surface area (Å²) < 4.78 is 0. The lowest BCUT2D eigenvalue weighted by Gasteiger charge is -2.36. The average molecular weight is 227 g/mol. The molecule has 0 atom stereocenters. The van der Waals surface area contributed by atoms with E-state index in [1.807, 2.05) is 0 Å². The van der Waals surface area contributed by atoms with E-state index in [2.05, 4.69) is 27.7 Å². The van der Waals surface area contributed by atoms with E-state index in [1.54, 1.807) is 0 Å². The van der Waals surface area contributed by atoms with E-state index in [4.69, 9.17) is 5.73 Å². The quantitative estimate of drug-likeness (QED) is 0.733. The molecule has 0 aromatic heterocycles. The molecule has 16 heavy (non-hydrogen) atoms. The molecule has 0 radical (unpaired) electrons. The Morgan fingerprint density at radius 1 is 1.25 bits per heavy atom. The first-order valence-electron chi connectivity index (χ1n) is 6.06. The molecule has 1 saturated carbocycles. The molecule has 0 saturated heterocycles. The van der Waals surface area contributed by atoms with Crippen LogP contribution in [0.15, 0.2) is 0 Å². The number of carboxylic acid groups (broad SMARTS) is 1. The normalized spacial score (nSPS) is 19.6. The van der Waals surface area contributed by atoms with E-state index in [0.717, 1.165) is 25.7 Å². The Balaban J connectivity index is 2.62. The van der Waals surface area contributed by atoms with Crippen molar-refractivity contribution in [3.05, 3.63) is 0 Å². The van der Waals surface area contributed by atoms with Gasteiger partial charge in [-0.05, 0) is 43.1 Å². The predicted molar refractivity (Wildman–Crippen MR) is 65.2 cm³/mol. The number of hydrogen-bond acceptors (Lipinski definition) is 2. The topological polar surface area (TPSA) is 63.3 Å². The van der Waals surface area contributed by atoms with Crippen molar-refractivity contribution >= 4 is 5.97 Å². The van der Waals surface area contributed by atoms with E-state index in [1.165, 1.54) is 0 Å². The summed E-state index contributed by atoms with van der Waals surface area (Å²) in [6.45, 7) is 9.27. The molecule has 94 valence electrons. The fraction of sp³-hybridized carbons (Fsp3) is 0.923. The van der Waals surface area contributed by atoms with Gasteiger partial charge in [0.1, 0.15) is 0 Å². The Labute approximate surface area is 98.4 Å². The fourth-order valence-electron chi connectivity index (χ4n) is 2.96. The molecule has 1 fully saturated rings. The molecule has 0 unspecified atom stereocenters. The van der Waals surface area contributed by atoms with E-state index in [0.29, 0.717) is 6.54 Å². The first-order chi connectivity index (χ1) is 7.13. The molecule has 0 aromatic rings. The average Bonchev–Trinajstić information content (AvgIpc) is 2.82. The molecule has 1 aliphatic rings. The molecule has 0 aliphatic heterocycles. The van der Waals surface area contributed by atoms with Crippen LogP contribution in [0.25, 0.3) is 0 Å². The van der Waals surface area contributed by atoms with Crippen LogP contribution in [-0.4, -0.2) is 17.6 Å². The van der Waals surface area contributed by atoms with Crippen LogP contribution in [-0.2, 0) is 4.79 Å². The van der Waals surface area contributed by atoms with Crippen molar-refractivity contribution in [2.24, 2.45) is 22.0 Å². The number of rotatable bonds is 6. The Morgan fingerprint density at radius 3 is 2.06 bits per heavy atom. The van der Waals surface area contributed by atoms with Crippen LogP contribution in [0.1, 0.15) is 53.4 Å². The third kappa shape index (κ3) is 3.21. The molecule has 0 bridgehead atoms. The van der Waals surface area contributed by atoms with Crippen LogP contribution < -0.4 is 5.73 Å². The second kappa shape index (κ2) is 4.02. The van der Waals surface area contributed by atoms with Crippen molar-refractivity contribution in [3.63, 3.8) is 0 Å². The Kier molecular flexibility index (Phi) is 3.39. The molecule has 3 nitrogen and oxygen atoms in total. The lowest BCUT2D eigenvalue weighted by Crippen LogP contribution is -2.33. The largest absolute Gasteiger partial charge is 0.481 e. The van der Waals surface area contributed by atoms with E-state index in [9.17, 15) is 9.90 Å². The van der Waals surface area contributed by atoms with Crippen molar-refractivity contribution in [3.8, 4) is 0 Å². The molecule has 3 N–H and O–H groups in total. The molecular weight excluding hydrogens is 202 g/mol. The fourth-order valence-corrected chi connectivity index (χ4v) is 2.96.